The van der Waals surface area contributed by atoms with Crippen LogP contribution in [0.4, 0.5) is 17.1 Å². The van der Waals surface area contributed by atoms with Gasteiger partial charge in [0.1, 0.15) is 0 Å². The summed E-state index contributed by atoms with van der Waals surface area (Å²) in [4.78, 5) is 11.6. The van der Waals surface area contributed by atoms with Crippen LogP contribution in [0.3, 0.4) is 0 Å². The molecule has 0 bridgehead atoms. The Hall–Kier alpha value is -2.49. The van der Waals surface area contributed by atoms with E-state index in [0.29, 0.717) is 16.9 Å². The Morgan fingerprint density at radius 2 is 2.05 bits per heavy atom. The zero-order valence-electron chi connectivity index (χ0n) is 12.6. The van der Waals surface area contributed by atoms with Crippen LogP contribution in [0.1, 0.15) is 28.4 Å². The van der Waals surface area contributed by atoms with Crippen molar-refractivity contribution in [1.82, 2.24) is 0 Å². The largest absolute Gasteiger partial charge is 0.465 e. The number of esters is 1. The number of anilines is 3. The number of nitrogen functional groups attached to an aromatic ring is 1. The first kappa shape index (κ1) is 14.9. The summed E-state index contributed by atoms with van der Waals surface area (Å²) in [5, 5.41) is 3.35. The van der Waals surface area contributed by atoms with E-state index in [1.807, 2.05) is 19.1 Å². The predicted molar refractivity (Wildman–Crippen MR) is 86.0 cm³/mol. The summed E-state index contributed by atoms with van der Waals surface area (Å²) in [5.74, 6) is -0.376. The number of ether oxygens (including phenoxy) is 1. The number of hydrogen-bond donors (Lipinski definition) is 2. The number of methoxy groups -OCH3 is 1. The molecular weight excluding hydrogens is 264 g/mol. The zero-order valence-corrected chi connectivity index (χ0v) is 12.6. The summed E-state index contributed by atoms with van der Waals surface area (Å²) in [6.45, 7) is 4.15. The third-order valence-corrected chi connectivity index (χ3v) is 3.47. The first-order valence-corrected chi connectivity index (χ1v) is 6.90. The van der Waals surface area contributed by atoms with E-state index in [4.69, 9.17) is 10.5 Å². The molecule has 0 saturated carbocycles. The van der Waals surface area contributed by atoms with Gasteiger partial charge in [-0.25, -0.2) is 4.79 Å². The second-order valence-electron chi connectivity index (χ2n) is 4.88. The highest BCUT2D eigenvalue weighted by Crippen LogP contribution is 2.29. The lowest BCUT2D eigenvalue weighted by molar-refractivity contribution is 0.0601. The zero-order chi connectivity index (χ0) is 15.4. The van der Waals surface area contributed by atoms with Crippen LogP contribution in [0.15, 0.2) is 36.4 Å². The molecular formula is C17H20N2O2. The molecule has 0 spiro atoms. The van der Waals surface area contributed by atoms with Gasteiger partial charge in [0.2, 0.25) is 0 Å². The minimum absolute atomic E-state index is 0.376. The van der Waals surface area contributed by atoms with E-state index in [0.717, 1.165) is 17.7 Å². The first-order chi connectivity index (χ1) is 10.1. The SMILES string of the molecule is CCc1cccc(C)c1Nc1cc(C(=O)OC)ccc1N. The van der Waals surface area contributed by atoms with Crippen molar-refractivity contribution in [3.8, 4) is 0 Å². The van der Waals surface area contributed by atoms with Gasteiger partial charge in [0.15, 0.2) is 0 Å². The van der Waals surface area contributed by atoms with Crippen LogP contribution in [0.5, 0.6) is 0 Å². The number of aryl methyl sites for hydroxylation is 2. The van der Waals surface area contributed by atoms with Gasteiger partial charge in [0, 0.05) is 5.69 Å². The summed E-state index contributed by atoms with van der Waals surface area (Å²) >= 11 is 0. The van der Waals surface area contributed by atoms with Gasteiger partial charge in [0.25, 0.3) is 0 Å². The van der Waals surface area contributed by atoms with Crippen LogP contribution < -0.4 is 11.1 Å². The van der Waals surface area contributed by atoms with Crippen LogP contribution in [0, 0.1) is 6.92 Å². The van der Waals surface area contributed by atoms with Crippen molar-refractivity contribution in [3.05, 3.63) is 53.1 Å². The smallest absolute Gasteiger partial charge is 0.337 e. The fourth-order valence-corrected chi connectivity index (χ4v) is 2.25. The molecule has 0 aromatic heterocycles. The fourth-order valence-electron chi connectivity index (χ4n) is 2.25. The standard InChI is InChI=1S/C17H20N2O2/c1-4-12-7-5-6-11(2)16(12)19-15-10-13(17(20)21-3)8-9-14(15)18/h5-10,19H,4,18H2,1-3H3. The monoisotopic (exact) mass is 284 g/mol. The van der Waals surface area contributed by atoms with Crippen molar-refractivity contribution in [1.29, 1.82) is 0 Å². The topological polar surface area (TPSA) is 64.3 Å². The lowest BCUT2D eigenvalue weighted by Gasteiger charge is -2.16. The Morgan fingerprint density at radius 3 is 2.71 bits per heavy atom. The molecule has 4 heteroatoms. The van der Waals surface area contributed by atoms with E-state index in [-0.39, 0.29) is 5.97 Å². The molecule has 0 fully saturated rings. The van der Waals surface area contributed by atoms with Gasteiger partial charge in [-0.3, -0.25) is 0 Å². The number of para-hydroxylation sites is 1. The highest BCUT2D eigenvalue weighted by Gasteiger charge is 2.11. The Balaban J connectivity index is 2.42. The second kappa shape index (κ2) is 6.31. The summed E-state index contributed by atoms with van der Waals surface area (Å²) in [6, 6.07) is 11.2. The molecule has 0 unspecified atom stereocenters. The van der Waals surface area contributed by atoms with Crippen LogP contribution in [0.25, 0.3) is 0 Å². The van der Waals surface area contributed by atoms with E-state index in [1.165, 1.54) is 12.7 Å². The van der Waals surface area contributed by atoms with Crippen LogP contribution >= 0.6 is 0 Å². The lowest BCUT2D eigenvalue weighted by atomic mass is 10.0. The van der Waals surface area contributed by atoms with Crippen molar-refractivity contribution in [2.24, 2.45) is 0 Å². The molecule has 4 nitrogen and oxygen atoms in total. The molecule has 0 radical (unpaired) electrons. The number of carbonyl (C=O) groups excluding carboxylic acids is 1. The van der Waals surface area contributed by atoms with Crippen LogP contribution in [-0.4, -0.2) is 13.1 Å². The average Bonchev–Trinajstić information content (AvgIpc) is 2.50. The van der Waals surface area contributed by atoms with E-state index in [1.54, 1.807) is 18.2 Å². The van der Waals surface area contributed by atoms with E-state index < -0.39 is 0 Å². The van der Waals surface area contributed by atoms with Gasteiger partial charge in [-0.15, -0.1) is 0 Å². The average molecular weight is 284 g/mol. The maximum Gasteiger partial charge on any atom is 0.337 e. The van der Waals surface area contributed by atoms with Crippen LogP contribution in [0.2, 0.25) is 0 Å². The number of nitrogens with one attached hydrogen (secondary N) is 1. The number of carbonyl (C=O) groups is 1. The van der Waals surface area contributed by atoms with Gasteiger partial charge in [-0.05, 0) is 42.7 Å². The van der Waals surface area contributed by atoms with Crippen molar-refractivity contribution in [2.75, 3.05) is 18.2 Å². The minimum atomic E-state index is -0.376. The molecule has 3 N–H and O–H groups in total. The maximum atomic E-state index is 11.6. The molecule has 0 saturated heterocycles. The summed E-state index contributed by atoms with van der Waals surface area (Å²) in [6.07, 6.45) is 0.917. The van der Waals surface area contributed by atoms with E-state index in [2.05, 4.69) is 18.3 Å². The highest BCUT2D eigenvalue weighted by atomic mass is 16.5. The molecule has 2 aromatic carbocycles. The summed E-state index contributed by atoms with van der Waals surface area (Å²) < 4.78 is 4.74. The summed E-state index contributed by atoms with van der Waals surface area (Å²) in [5.41, 5.74) is 11.2. The number of hydrogen-bond acceptors (Lipinski definition) is 4. The van der Waals surface area contributed by atoms with Crippen molar-refractivity contribution < 1.29 is 9.53 Å². The van der Waals surface area contributed by atoms with Gasteiger partial charge in [-0.2, -0.15) is 0 Å². The molecule has 0 atom stereocenters. The molecule has 21 heavy (non-hydrogen) atoms. The number of nitrogens with two attached hydrogens (primary N) is 1. The maximum absolute atomic E-state index is 11.6. The highest BCUT2D eigenvalue weighted by molar-refractivity contribution is 5.92. The van der Waals surface area contributed by atoms with E-state index in [9.17, 15) is 4.79 Å². The Morgan fingerprint density at radius 1 is 1.29 bits per heavy atom. The Kier molecular flexibility index (Phi) is 4.48. The Bertz CT molecular complexity index is 666. The first-order valence-electron chi connectivity index (χ1n) is 6.90. The summed E-state index contributed by atoms with van der Waals surface area (Å²) in [7, 11) is 1.36. The molecule has 110 valence electrons. The Labute approximate surface area is 124 Å². The molecule has 2 rings (SSSR count). The molecule has 0 aliphatic carbocycles. The van der Waals surface area contributed by atoms with Gasteiger partial charge >= 0.3 is 5.97 Å². The molecule has 0 aliphatic rings. The third kappa shape index (κ3) is 3.16. The number of rotatable bonds is 4. The molecule has 2 aromatic rings. The lowest BCUT2D eigenvalue weighted by Crippen LogP contribution is -2.05. The predicted octanol–water partition coefficient (Wildman–Crippen LogP) is 3.67. The molecule has 0 aliphatic heterocycles. The van der Waals surface area contributed by atoms with Crippen LogP contribution in [-0.2, 0) is 11.2 Å². The van der Waals surface area contributed by atoms with Gasteiger partial charge in [-0.1, -0.05) is 25.1 Å². The molecule has 0 heterocycles. The van der Waals surface area contributed by atoms with Gasteiger partial charge < -0.3 is 15.8 Å². The van der Waals surface area contributed by atoms with Crippen molar-refractivity contribution in [2.45, 2.75) is 20.3 Å². The fraction of sp³-hybridized carbons (Fsp3) is 0.235. The normalized spacial score (nSPS) is 10.2. The van der Waals surface area contributed by atoms with E-state index >= 15 is 0 Å². The minimum Gasteiger partial charge on any atom is -0.465 e. The number of benzene rings is 2. The third-order valence-electron chi connectivity index (χ3n) is 3.47. The van der Waals surface area contributed by atoms with Crippen molar-refractivity contribution >= 4 is 23.0 Å². The second-order valence-corrected chi connectivity index (χ2v) is 4.88. The van der Waals surface area contributed by atoms with Crippen molar-refractivity contribution in [3.63, 3.8) is 0 Å². The quantitative estimate of drug-likeness (QED) is 0.664. The molecule has 0 amide bonds. The van der Waals surface area contributed by atoms with Gasteiger partial charge in [0.05, 0.1) is 24.0 Å².